The van der Waals surface area contributed by atoms with Crippen molar-refractivity contribution in [1.82, 2.24) is 10.3 Å². The molecule has 1 aromatic carbocycles. The van der Waals surface area contributed by atoms with Crippen molar-refractivity contribution in [1.29, 1.82) is 0 Å². The molecular weight excluding hydrogens is 312 g/mol. The molecule has 0 radical (unpaired) electrons. The lowest BCUT2D eigenvalue weighted by atomic mass is 10.2. The molecule has 0 fully saturated rings. The van der Waals surface area contributed by atoms with Crippen LogP contribution in [0.15, 0.2) is 41.4 Å². The fraction of sp³-hybridized carbons (Fsp3) is 0.214. The Kier molecular flexibility index (Phi) is 4.82. The molecule has 7 heteroatoms. The highest BCUT2D eigenvalue weighted by atomic mass is 35.5. The predicted octanol–water partition coefficient (Wildman–Crippen LogP) is 2.65. The number of nitrogens with zero attached hydrogens (tertiary/aromatic N) is 1. The van der Waals surface area contributed by atoms with Gasteiger partial charge in [-0.15, -0.1) is 0 Å². The smallest absolute Gasteiger partial charge is 0.219 e. The van der Waals surface area contributed by atoms with Crippen molar-refractivity contribution < 1.29 is 13.2 Å². The Bertz CT molecular complexity index is 730. The summed E-state index contributed by atoms with van der Waals surface area (Å²) in [6.07, 6.45) is 2.68. The van der Waals surface area contributed by atoms with Gasteiger partial charge in [0.25, 0.3) is 0 Å². The van der Waals surface area contributed by atoms with Crippen molar-refractivity contribution in [3.05, 3.63) is 47.1 Å². The van der Waals surface area contributed by atoms with Gasteiger partial charge in [-0.1, -0.05) is 11.6 Å². The Morgan fingerprint density at radius 2 is 1.95 bits per heavy atom. The van der Waals surface area contributed by atoms with Crippen LogP contribution in [-0.4, -0.2) is 26.7 Å². The molecule has 112 valence electrons. The average Bonchev–Trinajstić information content (AvgIpc) is 2.42. The third-order valence-corrected chi connectivity index (χ3v) is 4.22. The number of pyridine rings is 1. The van der Waals surface area contributed by atoms with Gasteiger partial charge in [0.1, 0.15) is 5.75 Å². The van der Waals surface area contributed by atoms with Crippen LogP contribution in [0.3, 0.4) is 0 Å². The highest BCUT2D eigenvalue weighted by Crippen LogP contribution is 2.24. The Balaban J connectivity index is 2.20. The van der Waals surface area contributed by atoms with E-state index in [4.69, 9.17) is 16.3 Å². The average molecular weight is 327 g/mol. The Labute approximate surface area is 128 Å². The van der Waals surface area contributed by atoms with Crippen LogP contribution in [0.5, 0.6) is 11.6 Å². The maximum absolute atomic E-state index is 11.4. The van der Waals surface area contributed by atoms with Crippen molar-refractivity contribution in [2.24, 2.45) is 0 Å². The molecule has 0 atom stereocenters. The molecule has 0 amide bonds. The number of ether oxygens (including phenoxy) is 1. The molecule has 2 rings (SSSR count). The lowest BCUT2D eigenvalue weighted by molar-refractivity contribution is 0.461. The molecule has 0 spiro atoms. The van der Waals surface area contributed by atoms with E-state index in [1.165, 1.54) is 18.3 Å². The topological polar surface area (TPSA) is 68.3 Å². The summed E-state index contributed by atoms with van der Waals surface area (Å²) in [5.41, 5.74) is 0.872. The van der Waals surface area contributed by atoms with E-state index in [0.717, 1.165) is 11.8 Å². The minimum Gasteiger partial charge on any atom is -0.439 e. The van der Waals surface area contributed by atoms with Crippen LogP contribution in [0, 0.1) is 0 Å². The van der Waals surface area contributed by atoms with E-state index in [1.807, 2.05) is 7.05 Å². The Hall–Kier alpha value is -1.63. The first-order chi connectivity index (χ1) is 9.90. The molecule has 0 aliphatic carbocycles. The fourth-order valence-electron chi connectivity index (χ4n) is 1.72. The summed E-state index contributed by atoms with van der Waals surface area (Å²) in [6.45, 7) is 0.602. The molecule has 0 saturated heterocycles. The molecule has 0 bridgehead atoms. The van der Waals surface area contributed by atoms with Gasteiger partial charge in [0.2, 0.25) is 5.88 Å². The van der Waals surface area contributed by atoms with E-state index >= 15 is 0 Å². The maximum Gasteiger partial charge on any atom is 0.219 e. The van der Waals surface area contributed by atoms with Crippen molar-refractivity contribution in [2.45, 2.75) is 11.4 Å². The lowest BCUT2D eigenvalue weighted by Gasteiger charge is -2.08. The monoisotopic (exact) mass is 326 g/mol. The Morgan fingerprint density at radius 3 is 2.52 bits per heavy atom. The largest absolute Gasteiger partial charge is 0.439 e. The lowest BCUT2D eigenvalue weighted by Crippen LogP contribution is -2.06. The molecule has 1 N–H and O–H groups in total. The summed E-state index contributed by atoms with van der Waals surface area (Å²) in [4.78, 5) is 4.33. The molecule has 2 aromatic rings. The number of halogens is 1. The second-order valence-corrected chi connectivity index (χ2v) is 6.91. The number of sulfone groups is 1. The molecule has 0 unspecified atom stereocenters. The second kappa shape index (κ2) is 6.43. The molecule has 0 saturated carbocycles. The highest BCUT2D eigenvalue weighted by Gasteiger charge is 2.08. The molecule has 5 nitrogen and oxygen atoms in total. The summed E-state index contributed by atoms with van der Waals surface area (Å²) >= 11 is 6.02. The molecular formula is C14H15ClN2O3S. The van der Waals surface area contributed by atoms with Crippen LogP contribution in [0.1, 0.15) is 5.56 Å². The number of hydrogen-bond acceptors (Lipinski definition) is 5. The van der Waals surface area contributed by atoms with Crippen molar-refractivity contribution in [3.8, 4) is 11.6 Å². The number of aromatic nitrogens is 1. The van der Waals surface area contributed by atoms with Crippen LogP contribution >= 0.6 is 11.6 Å². The second-order valence-electron chi connectivity index (χ2n) is 4.49. The van der Waals surface area contributed by atoms with E-state index in [0.29, 0.717) is 23.2 Å². The summed E-state index contributed by atoms with van der Waals surface area (Å²) in [5, 5.41) is 3.56. The first-order valence-electron chi connectivity index (χ1n) is 6.17. The van der Waals surface area contributed by atoms with Crippen molar-refractivity contribution in [2.75, 3.05) is 13.3 Å². The first kappa shape index (κ1) is 15.8. The normalized spacial score (nSPS) is 11.4. The highest BCUT2D eigenvalue weighted by molar-refractivity contribution is 7.90. The van der Waals surface area contributed by atoms with Gasteiger partial charge in [-0.05, 0) is 36.9 Å². The number of benzene rings is 1. The third-order valence-electron chi connectivity index (χ3n) is 2.75. The van der Waals surface area contributed by atoms with Crippen molar-refractivity contribution in [3.63, 3.8) is 0 Å². The van der Waals surface area contributed by atoms with Gasteiger partial charge in [-0.2, -0.15) is 0 Å². The van der Waals surface area contributed by atoms with E-state index in [1.54, 1.807) is 18.2 Å². The summed E-state index contributed by atoms with van der Waals surface area (Å²) in [7, 11) is -1.39. The van der Waals surface area contributed by atoms with Gasteiger partial charge in [0.15, 0.2) is 9.84 Å². The number of hydrogen-bond donors (Lipinski definition) is 1. The van der Waals surface area contributed by atoms with Gasteiger partial charge in [0.05, 0.1) is 9.92 Å². The summed E-state index contributed by atoms with van der Waals surface area (Å²) in [5.74, 6) is 0.907. The zero-order chi connectivity index (χ0) is 15.5. The van der Waals surface area contributed by atoms with Crippen molar-refractivity contribution >= 4 is 21.4 Å². The summed E-state index contributed by atoms with van der Waals surface area (Å²) in [6, 6.07) is 7.91. The van der Waals surface area contributed by atoms with E-state index in [-0.39, 0.29) is 4.90 Å². The van der Waals surface area contributed by atoms with Gasteiger partial charge >= 0.3 is 0 Å². The SMILES string of the molecule is CNCc1cc(Oc2ccc(S(C)(=O)=O)cc2)ncc1Cl. The minimum atomic E-state index is -3.21. The van der Waals surface area contributed by atoms with Crippen LogP contribution in [-0.2, 0) is 16.4 Å². The molecule has 0 aliphatic heterocycles. The van der Waals surface area contributed by atoms with Gasteiger partial charge in [-0.25, -0.2) is 13.4 Å². The molecule has 1 aromatic heterocycles. The number of nitrogens with one attached hydrogen (secondary N) is 1. The zero-order valence-corrected chi connectivity index (χ0v) is 13.2. The summed E-state index contributed by atoms with van der Waals surface area (Å²) < 4.78 is 28.4. The zero-order valence-electron chi connectivity index (χ0n) is 11.6. The van der Waals surface area contributed by atoms with E-state index in [2.05, 4.69) is 10.3 Å². The predicted molar refractivity (Wildman–Crippen MR) is 81.6 cm³/mol. The standard InChI is InChI=1S/C14H15ClN2O3S/c1-16-8-10-7-14(17-9-13(10)15)20-11-3-5-12(6-4-11)21(2,18)19/h3-7,9,16H,8H2,1-2H3. The first-order valence-corrected chi connectivity index (χ1v) is 8.44. The molecule has 21 heavy (non-hydrogen) atoms. The van der Waals surface area contributed by atoms with Gasteiger partial charge < -0.3 is 10.1 Å². The van der Waals surface area contributed by atoms with Gasteiger partial charge in [0, 0.05) is 25.1 Å². The number of rotatable bonds is 5. The fourth-order valence-corrected chi connectivity index (χ4v) is 2.52. The third kappa shape index (κ3) is 4.17. The van der Waals surface area contributed by atoms with Crippen LogP contribution in [0.25, 0.3) is 0 Å². The molecule has 1 heterocycles. The van der Waals surface area contributed by atoms with Crippen LogP contribution in [0.2, 0.25) is 5.02 Å². The molecule has 0 aliphatic rings. The quantitative estimate of drug-likeness (QED) is 0.914. The van der Waals surface area contributed by atoms with E-state index < -0.39 is 9.84 Å². The Morgan fingerprint density at radius 1 is 1.29 bits per heavy atom. The van der Waals surface area contributed by atoms with E-state index in [9.17, 15) is 8.42 Å². The van der Waals surface area contributed by atoms with Crippen LogP contribution in [0.4, 0.5) is 0 Å². The minimum absolute atomic E-state index is 0.245. The van der Waals surface area contributed by atoms with Gasteiger partial charge in [-0.3, -0.25) is 0 Å². The maximum atomic E-state index is 11.4. The van der Waals surface area contributed by atoms with Crippen LogP contribution < -0.4 is 10.1 Å².